The van der Waals surface area contributed by atoms with Gasteiger partial charge >= 0.3 is 0 Å². The monoisotopic (exact) mass is 320 g/mol. The Kier molecular flexibility index (Phi) is 4.11. The van der Waals surface area contributed by atoms with E-state index in [9.17, 15) is 4.79 Å². The third kappa shape index (κ3) is 2.40. The molecule has 0 radical (unpaired) electrons. The second-order valence-electron chi connectivity index (χ2n) is 7.31. The summed E-state index contributed by atoms with van der Waals surface area (Å²) in [4.78, 5) is 12.6. The molecule has 0 spiro atoms. The van der Waals surface area contributed by atoms with E-state index in [1.807, 2.05) is 19.1 Å². The Hall–Kier alpha value is -1.22. The van der Waals surface area contributed by atoms with Crippen LogP contribution < -0.4 is 11.1 Å². The van der Waals surface area contributed by atoms with Gasteiger partial charge in [0.25, 0.3) is 5.91 Å². The minimum atomic E-state index is 0. The standard InChI is InChI=1S/C18H24N2O.ClH/c1-10-5-6-12(19)9-15(10)18(21)20-17-8-11-7-16(17)14-4-2-3-13(11)14;/h5-6,9,11,13-14,16-17H,2-4,7-8,19H2,1H3,(H,20,21);1H. The number of hydrogen-bond acceptors (Lipinski definition) is 2. The zero-order valence-corrected chi connectivity index (χ0v) is 13.9. The fraction of sp³-hybridized carbons (Fsp3) is 0.611. The van der Waals surface area contributed by atoms with Crippen LogP contribution in [0.1, 0.15) is 48.0 Å². The molecule has 4 rings (SSSR count). The number of fused-ring (bicyclic) bond motifs is 5. The van der Waals surface area contributed by atoms with Crippen LogP contribution in [0.25, 0.3) is 0 Å². The van der Waals surface area contributed by atoms with Gasteiger partial charge < -0.3 is 11.1 Å². The molecule has 0 saturated heterocycles. The first-order valence-electron chi connectivity index (χ1n) is 8.30. The Morgan fingerprint density at radius 3 is 2.77 bits per heavy atom. The number of anilines is 1. The molecule has 3 aliphatic rings. The molecule has 3 saturated carbocycles. The summed E-state index contributed by atoms with van der Waals surface area (Å²) in [5.41, 5.74) is 8.23. The quantitative estimate of drug-likeness (QED) is 0.819. The summed E-state index contributed by atoms with van der Waals surface area (Å²) >= 11 is 0. The molecular formula is C18H25ClN2O. The van der Waals surface area contributed by atoms with E-state index in [4.69, 9.17) is 5.73 Å². The fourth-order valence-electron chi connectivity index (χ4n) is 5.36. The molecule has 1 aromatic carbocycles. The van der Waals surface area contributed by atoms with Gasteiger partial charge in [-0.1, -0.05) is 12.5 Å². The number of aryl methyl sites for hydroxylation is 1. The van der Waals surface area contributed by atoms with Crippen molar-refractivity contribution in [2.45, 2.75) is 45.1 Å². The third-order valence-corrected chi connectivity index (χ3v) is 6.25. The first-order valence-corrected chi connectivity index (χ1v) is 8.30. The topological polar surface area (TPSA) is 55.1 Å². The first kappa shape index (κ1) is 15.7. The zero-order valence-electron chi connectivity index (χ0n) is 13.0. The van der Waals surface area contributed by atoms with Crippen molar-refractivity contribution in [3.63, 3.8) is 0 Å². The number of carbonyl (C=O) groups excluding carboxylic acids is 1. The van der Waals surface area contributed by atoms with Crippen LogP contribution in [0.2, 0.25) is 0 Å². The number of amides is 1. The van der Waals surface area contributed by atoms with Gasteiger partial charge in [0.1, 0.15) is 0 Å². The number of rotatable bonds is 2. The van der Waals surface area contributed by atoms with Crippen molar-refractivity contribution in [1.82, 2.24) is 5.32 Å². The predicted octanol–water partition coefficient (Wildman–Crippen LogP) is 3.55. The largest absolute Gasteiger partial charge is 0.399 e. The number of benzene rings is 1. The number of nitrogens with two attached hydrogens (primary N) is 1. The molecule has 3 N–H and O–H groups in total. The van der Waals surface area contributed by atoms with E-state index in [1.54, 1.807) is 6.07 Å². The normalized spacial score (nSPS) is 35.0. The number of hydrogen-bond donors (Lipinski definition) is 2. The zero-order chi connectivity index (χ0) is 14.6. The average Bonchev–Trinajstić information content (AvgIpc) is 3.13. The maximum absolute atomic E-state index is 12.6. The van der Waals surface area contributed by atoms with E-state index in [-0.39, 0.29) is 18.3 Å². The highest BCUT2D eigenvalue weighted by Crippen LogP contribution is 2.58. The van der Waals surface area contributed by atoms with Crippen molar-refractivity contribution in [1.29, 1.82) is 0 Å². The Balaban J connectivity index is 0.00000144. The van der Waals surface area contributed by atoms with Crippen LogP contribution in [-0.2, 0) is 0 Å². The van der Waals surface area contributed by atoms with Gasteiger partial charge in [0, 0.05) is 17.3 Å². The number of nitrogen functional groups attached to an aromatic ring is 1. The van der Waals surface area contributed by atoms with Gasteiger partial charge in [-0.05, 0) is 74.0 Å². The van der Waals surface area contributed by atoms with E-state index < -0.39 is 0 Å². The molecule has 0 aromatic heterocycles. The van der Waals surface area contributed by atoms with Crippen molar-refractivity contribution in [3.8, 4) is 0 Å². The summed E-state index contributed by atoms with van der Waals surface area (Å²) < 4.78 is 0. The molecule has 3 aliphatic carbocycles. The average molecular weight is 321 g/mol. The van der Waals surface area contributed by atoms with Crippen LogP contribution >= 0.6 is 12.4 Å². The Bertz CT molecular complexity index is 588. The highest BCUT2D eigenvalue weighted by molar-refractivity contribution is 5.96. The molecule has 1 amide bonds. The molecule has 0 aliphatic heterocycles. The second-order valence-corrected chi connectivity index (χ2v) is 7.31. The van der Waals surface area contributed by atoms with Crippen molar-refractivity contribution in [3.05, 3.63) is 29.3 Å². The van der Waals surface area contributed by atoms with Crippen molar-refractivity contribution >= 4 is 24.0 Å². The van der Waals surface area contributed by atoms with Crippen LogP contribution in [0, 0.1) is 30.6 Å². The lowest BCUT2D eigenvalue weighted by molar-refractivity contribution is 0.0900. The number of halogens is 1. The fourth-order valence-corrected chi connectivity index (χ4v) is 5.36. The SMILES string of the molecule is Cc1ccc(N)cc1C(=O)NC1CC2CC1C1CCCC21.Cl. The van der Waals surface area contributed by atoms with Gasteiger partial charge in [-0.15, -0.1) is 12.4 Å². The first-order chi connectivity index (χ1) is 10.1. The highest BCUT2D eigenvalue weighted by atomic mass is 35.5. The van der Waals surface area contributed by atoms with Crippen LogP contribution in [0.5, 0.6) is 0 Å². The molecule has 3 nitrogen and oxygen atoms in total. The number of nitrogens with one attached hydrogen (secondary N) is 1. The van der Waals surface area contributed by atoms with Gasteiger partial charge in [0.2, 0.25) is 0 Å². The molecule has 5 unspecified atom stereocenters. The lowest BCUT2D eigenvalue weighted by Crippen LogP contribution is -2.42. The van der Waals surface area contributed by atoms with Crippen molar-refractivity contribution < 1.29 is 4.79 Å². The summed E-state index contributed by atoms with van der Waals surface area (Å²) in [6.07, 6.45) is 6.75. The van der Waals surface area contributed by atoms with Crippen molar-refractivity contribution in [2.75, 3.05) is 5.73 Å². The minimum Gasteiger partial charge on any atom is -0.399 e. The Morgan fingerprint density at radius 1 is 1.18 bits per heavy atom. The molecule has 0 heterocycles. The molecular weight excluding hydrogens is 296 g/mol. The van der Waals surface area contributed by atoms with E-state index in [1.165, 1.54) is 32.1 Å². The van der Waals surface area contributed by atoms with Crippen LogP contribution in [0.4, 0.5) is 5.69 Å². The van der Waals surface area contributed by atoms with Crippen LogP contribution in [-0.4, -0.2) is 11.9 Å². The third-order valence-electron chi connectivity index (χ3n) is 6.25. The number of carbonyl (C=O) groups is 1. The van der Waals surface area contributed by atoms with Gasteiger partial charge in [-0.3, -0.25) is 4.79 Å². The van der Waals surface area contributed by atoms with E-state index >= 15 is 0 Å². The van der Waals surface area contributed by atoms with Crippen LogP contribution in [0.15, 0.2) is 18.2 Å². The minimum absolute atomic E-state index is 0. The summed E-state index contributed by atoms with van der Waals surface area (Å²) in [7, 11) is 0. The molecule has 2 bridgehead atoms. The van der Waals surface area contributed by atoms with E-state index in [0.717, 1.165) is 34.8 Å². The highest BCUT2D eigenvalue weighted by Gasteiger charge is 2.54. The molecule has 3 fully saturated rings. The summed E-state index contributed by atoms with van der Waals surface area (Å²) in [6.45, 7) is 1.97. The lowest BCUT2D eigenvalue weighted by atomic mass is 9.79. The summed E-state index contributed by atoms with van der Waals surface area (Å²) in [5, 5.41) is 3.31. The second kappa shape index (κ2) is 5.77. The lowest BCUT2D eigenvalue weighted by Gasteiger charge is -2.32. The smallest absolute Gasteiger partial charge is 0.251 e. The molecule has 4 heteroatoms. The van der Waals surface area contributed by atoms with Gasteiger partial charge in [-0.2, -0.15) is 0 Å². The summed E-state index contributed by atoms with van der Waals surface area (Å²) in [6, 6.07) is 5.98. The van der Waals surface area contributed by atoms with Gasteiger partial charge in [0.05, 0.1) is 0 Å². The maximum atomic E-state index is 12.6. The Labute approximate surface area is 138 Å². The van der Waals surface area contributed by atoms with Gasteiger partial charge in [-0.25, -0.2) is 0 Å². The molecule has 5 atom stereocenters. The van der Waals surface area contributed by atoms with Crippen LogP contribution in [0.3, 0.4) is 0 Å². The molecule has 120 valence electrons. The molecule has 22 heavy (non-hydrogen) atoms. The Morgan fingerprint density at radius 2 is 1.95 bits per heavy atom. The van der Waals surface area contributed by atoms with E-state index in [0.29, 0.717) is 11.7 Å². The van der Waals surface area contributed by atoms with Crippen molar-refractivity contribution in [2.24, 2.45) is 23.7 Å². The predicted molar refractivity (Wildman–Crippen MR) is 91.1 cm³/mol. The summed E-state index contributed by atoms with van der Waals surface area (Å²) in [5.74, 6) is 3.52. The maximum Gasteiger partial charge on any atom is 0.251 e. The molecule has 1 aromatic rings. The van der Waals surface area contributed by atoms with E-state index in [2.05, 4.69) is 5.32 Å². The van der Waals surface area contributed by atoms with Gasteiger partial charge in [0.15, 0.2) is 0 Å².